The Morgan fingerprint density at radius 1 is 1.24 bits per heavy atom. The Balaban J connectivity index is 1.74. The molecule has 5 nitrogen and oxygen atoms in total. The smallest absolute Gasteiger partial charge is 0.410 e. The minimum Gasteiger partial charge on any atom is -0.445 e. The van der Waals surface area contributed by atoms with Gasteiger partial charge >= 0.3 is 6.09 Å². The van der Waals surface area contributed by atoms with Crippen molar-refractivity contribution in [2.24, 2.45) is 0 Å². The molecule has 1 heterocycles. The average Bonchev–Trinajstić information content (AvgIpc) is 2.54. The highest BCUT2D eigenvalue weighted by Crippen LogP contribution is 2.10. The Morgan fingerprint density at radius 3 is 2.52 bits per heavy atom. The van der Waals surface area contributed by atoms with E-state index in [1.165, 1.54) is 0 Å². The highest BCUT2D eigenvalue weighted by Gasteiger charge is 2.24. The second kappa shape index (κ2) is 7.78. The minimum atomic E-state index is -0.262. The van der Waals surface area contributed by atoms with Crippen molar-refractivity contribution in [2.75, 3.05) is 26.2 Å². The van der Waals surface area contributed by atoms with Crippen LogP contribution in [0.2, 0.25) is 0 Å². The van der Waals surface area contributed by atoms with E-state index in [-0.39, 0.29) is 12.1 Å². The van der Waals surface area contributed by atoms with Crippen LogP contribution in [0.3, 0.4) is 0 Å². The lowest BCUT2D eigenvalue weighted by molar-refractivity contribution is -0.109. The van der Waals surface area contributed by atoms with Crippen molar-refractivity contribution >= 4 is 12.4 Å². The average molecular weight is 290 g/mol. The van der Waals surface area contributed by atoms with Gasteiger partial charge in [-0.3, -0.25) is 4.90 Å². The molecule has 1 aliphatic rings. The van der Waals surface area contributed by atoms with Crippen molar-refractivity contribution in [3.8, 4) is 0 Å². The summed E-state index contributed by atoms with van der Waals surface area (Å²) in [7, 11) is 0. The van der Waals surface area contributed by atoms with Gasteiger partial charge in [-0.15, -0.1) is 0 Å². The quantitative estimate of drug-likeness (QED) is 0.777. The summed E-state index contributed by atoms with van der Waals surface area (Å²) in [5, 5.41) is 0. The van der Waals surface area contributed by atoms with Gasteiger partial charge in [0.2, 0.25) is 0 Å². The monoisotopic (exact) mass is 290 g/mol. The molecule has 0 N–H and O–H groups in total. The SMILES string of the molecule is CC(CC=O)N1CCN(C(=O)OCc2ccccc2)CC1. The van der Waals surface area contributed by atoms with Gasteiger partial charge in [-0.05, 0) is 12.5 Å². The Labute approximate surface area is 125 Å². The zero-order chi connectivity index (χ0) is 15.1. The van der Waals surface area contributed by atoms with E-state index in [1.54, 1.807) is 4.90 Å². The van der Waals surface area contributed by atoms with Gasteiger partial charge in [-0.2, -0.15) is 0 Å². The molecule has 0 aromatic heterocycles. The van der Waals surface area contributed by atoms with Crippen molar-refractivity contribution in [3.05, 3.63) is 35.9 Å². The molecule has 1 amide bonds. The molecule has 2 rings (SSSR count). The van der Waals surface area contributed by atoms with Crippen LogP contribution in [0.5, 0.6) is 0 Å². The van der Waals surface area contributed by atoms with Gasteiger partial charge in [-0.25, -0.2) is 4.79 Å². The second-order valence-electron chi connectivity index (χ2n) is 5.31. The molecular formula is C16H22N2O3. The minimum absolute atomic E-state index is 0.241. The first kappa shape index (κ1) is 15.5. The number of benzene rings is 1. The van der Waals surface area contributed by atoms with Gasteiger partial charge in [0.15, 0.2) is 0 Å². The summed E-state index contributed by atoms with van der Waals surface area (Å²) >= 11 is 0. The van der Waals surface area contributed by atoms with Crippen LogP contribution >= 0.6 is 0 Å². The molecule has 1 aliphatic heterocycles. The molecule has 5 heteroatoms. The van der Waals surface area contributed by atoms with Gasteiger partial charge in [0.05, 0.1) is 0 Å². The van der Waals surface area contributed by atoms with Crippen LogP contribution < -0.4 is 0 Å². The van der Waals surface area contributed by atoms with Crippen LogP contribution in [-0.4, -0.2) is 54.4 Å². The van der Waals surface area contributed by atoms with Crippen LogP contribution in [0.4, 0.5) is 4.79 Å². The molecular weight excluding hydrogens is 268 g/mol. The van der Waals surface area contributed by atoms with E-state index in [0.29, 0.717) is 26.1 Å². The Morgan fingerprint density at radius 2 is 1.90 bits per heavy atom. The first-order chi connectivity index (χ1) is 10.2. The molecule has 0 spiro atoms. The fourth-order valence-electron chi connectivity index (χ4n) is 2.44. The van der Waals surface area contributed by atoms with Crippen LogP contribution in [0.15, 0.2) is 30.3 Å². The maximum Gasteiger partial charge on any atom is 0.410 e. The molecule has 1 saturated heterocycles. The number of nitrogens with zero attached hydrogens (tertiary/aromatic N) is 2. The van der Waals surface area contributed by atoms with Gasteiger partial charge in [0.1, 0.15) is 12.9 Å². The zero-order valence-corrected chi connectivity index (χ0v) is 12.4. The molecule has 0 saturated carbocycles. The Kier molecular flexibility index (Phi) is 5.75. The second-order valence-corrected chi connectivity index (χ2v) is 5.31. The van der Waals surface area contributed by atoms with Crippen molar-refractivity contribution < 1.29 is 14.3 Å². The van der Waals surface area contributed by atoms with E-state index in [0.717, 1.165) is 24.9 Å². The van der Waals surface area contributed by atoms with Gasteiger partial charge in [0, 0.05) is 38.6 Å². The van der Waals surface area contributed by atoms with Crippen LogP contribution in [0, 0.1) is 0 Å². The maximum absolute atomic E-state index is 12.0. The van der Waals surface area contributed by atoms with E-state index in [2.05, 4.69) is 4.90 Å². The summed E-state index contributed by atoms with van der Waals surface area (Å²) in [5.74, 6) is 0. The third kappa shape index (κ3) is 4.56. The van der Waals surface area contributed by atoms with Crippen LogP contribution in [-0.2, 0) is 16.1 Å². The molecule has 1 aromatic rings. The van der Waals surface area contributed by atoms with Gasteiger partial charge < -0.3 is 14.4 Å². The predicted molar refractivity (Wildman–Crippen MR) is 79.9 cm³/mol. The van der Waals surface area contributed by atoms with Crippen LogP contribution in [0.1, 0.15) is 18.9 Å². The molecule has 1 aromatic carbocycles. The molecule has 1 unspecified atom stereocenters. The summed E-state index contributed by atoms with van der Waals surface area (Å²) in [6.07, 6.45) is 1.23. The van der Waals surface area contributed by atoms with Gasteiger partial charge in [-0.1, -0.05) is 30.3 Å². The molecule has 0 aliphatic carbocycles. The number of carbonyl (C=O) groups excluding carboxylic acids is 2. The normalized spacial score (nSPS) is 17.3. The van der Waals surface area contributed by atoms with E-state index in [1.807, 2.05) is 37.3 Å². The van der Waals surface area contributed by atoms with E-state index in [4.69, 9.17) is 4.74 Å². The third-order valence-corrected chi connectivity index (χ3v) is 3.84. The predicted octanol–water partition coefficient (Wildman–Crippen LogP) is 1.92. The summed E-state index contributed by atoms with van der Waals surface area (Å²) in [6, 6.07) is 9.90. The fourth-order valence-corrected chi connectivity index (χ4v) is 2.44. The van der Waals surface area contributed by atoms with Crippen molar-refractivity contribution in [1.29, 1.82) is 0 Å². The number of aldehydes is 1. The summed E-state index contributed by atoms with van der Waals surface area (Å²) in [4.78, 5) is 26.5. The molecule has 0 radical (unpaired) electrons. The summed E-state index contributed by atoms with van der Waals surface area (Å²) < 4.78 is 5.32. The Hall–Kier alpha value is -1.88. The molecule has 0 bridgehead atoms. The maximum atomic E-state index is 12.0. The van der Waals surface area contributed by atoms with Crippen molar-refractivity contribution in [2.45, 2.75) is 26.0 Å². The summed E-state index contributed by atoms with van der Waals surface area (Å²) in [5.41, 5.74) is 0.990. The summed E-state index contributed by atoms with van der Waals surface area (Å²) in [6.45, 7) is 5.22. The fraction of sp³-hybridized carbons (Fsp3) is 0.500. The molecule has 114 valence electrons. The van der Waals surface area contributed by atoms with Crippen molar-refractivity contribution in [3.63, 3.8) is 0 Å². The van der Waals surface area contributed by atoms with E-state index in [9.17, 15) is 9.59 Å². The number of rotatable bonds is 5. The number of ether oxygens (including phenoxy) is 1. The highest BCUT2D eigenvalue weighted by molar-refractivity contribution is 5.67. The number of hydrogen-bond donors (Lipinski definition) is 0. The van der Waals surface area contributed by atoms with Crippen molar-refractivity contribution in [1.82, 2.24) is 9.80 Å². The number of amides is 1. The standard InChI is InChI=1S/C16H22N2O3/c1-14(7-12-19)17-8-10-18(11-9-17)16(20)21-13-15-5-3-2-4-6-15/h2-6,12,14H,7-11,13H2,1H3. The first-order valence-corrected chi connectivity index (χ1v) is 7.34. The molecule has 21 heavy (non-hydrogen) atoms. The number of carbonyl (C=O) groups is 2. The van der Waals surface area contributed by atoms with E-state index >= 15 is 0 Å². The Bertz CT molecular complexity index is 456. The highest BCUT2D eigenvalue weighted by atomic mass is 16.6. The lowest BCUT2D eigenvalue weighted by atomic mass is 10.2. The number of piperazine rings is 1. The van der Waals surface area contributed by atoms with Gasteiger partial charge in [0.25, 0.3) is 0 Å². The van der Waals surface area contributed by atoms with E-state index < -0.39 is 0 Å². The topological polar surface area (TPSA) is 49.9 Å². The molecule has 1 fully saturated rings. The first-order valence-electron chi connectivity index (χ1n) is 7.34. The largest absolute Gasteiger partial charge is 0.445 e. The molecule has 1 atom stereocenters. The zero-order valence-electron chi connectivity index (χ0n) is 12.4. The lowest BCUT2D eigenvalue weighted by Crippen LogP contribution is -2.51. The van der Waals surface area contributed by atoms with Crippen LogP contribution in [0.25, 0.3) is 0 Å². The number of hydrogen-bond acceptors (Lipinski definition) is 4. The third-order valence-electron chi connectivity index (χ3n) is 3.84. The lowest BCUT2D eigenvalue weighted by Gasteiger charge is -2.37.